The maximum atomic E-state index is 13.5. The van der Waals surface area contributed by atoms with E-state index in [-0.39, 0.29) is 10.6 Å². The number of benzene rings is 1. The summed E-state index contributed by atoms with van der Waals surface area (Å²) in [5.41, 5.74) is 0.560. The quantitative estimate of drug-likeness (QED) is 0.717. The van der Waals surface area contributed by atoms with Crippen LogP contribution in [0.1, 0.15) is 25.3 Å². The highest BCUT2D eigenvalue weighted by Crippen LogP contribution is 2.29. The van der Waals surface area contributed by atoms with Crippen LogP contribution < -0.4 is 0 Å². The molecule has 0 aromatic heterocycles. The molecule has 0 amide bonds. The lowest BCUT2D eigenvalue weighted by Crippen LogP contribution is -1.89. The van der Waals surface area contributed by atoms with E-state index in [9.17, 15) is 4.39 Å². The van der Waals surface area contributed by atoms with Gasteiger partial charge in [0, 0.05) is 16.2 Å². The average Bonchev–Trinajstić information content (AvgIpc) is 2.28. The van der Waals surface area contributed by atoms with Gasteiger partial charge in [0.25, 0.3) is 0 Å². The summed E-state index contributed by atoms with van der Waals surface area (Å²) in [6.07, 6.45) is 1.31. The molecular weight excluding hydrogens is 248 g/mol. The first-order chi connectivity index (χ1) is 7.60. The van der Waals surface area contributed by atoms with Crippen LogP contribution in [0.3, 0.4) is 0 Å². The van der Waals surface area contributed by atoms with Gasteiger partial charge in [0.2, 0.25) is 0 Å². The standard InChI is InChI=1S/C12H10Cl2FN/c1-2-3-8(7-16)12(14)10-6-9(13)4-5-11(10)15/h4-6H,2-3H2,1H3. The van der Waals surface area contributed by atoms with Crippen molar-refractivity contribution >= 4 is 28.2 Å². The van der Waals surface area contributed by atoms with E-state index in [2.05, 4.69) is 0 Å². The van der Waals surface area contributed by atoms with Crippen LogP contribution in [-0.4, -0.2) is 0 Å². The second-order valence-corrected chi connectivity index (χ2v) is 4.09. The van der Waals surface area contributed by atoms with Crippen LogP contribution in [0.15, 0.2) is 23.8 Å². The minimum atomic E-state index is -0.474. The van der Waals surface area contributed by atoms with Gasteiger partial charge in [-0.2, -0.15) is 5.26 Å². The highest BCUT2D eigenvalue weighted by molar-refractivity contribution is 6.49. The largest absolute Gasteiger partial charge is 0.206 e. The number of nitriles is 1. The molecular formula is C12H10Cl2FN. The highest BCUT2D eigenvalue weighted by Gasteiger charge is 2.11. The first kappa shape index (κ1) is 13.0. The molecule has 0 spiro atoms. The number of halogens is 3. The third-order valence-electron chi connectivity index (χ3n) is 2.06. The van der Waals surface area contributed by atoms with E-state index < -0.39 is 5.82 Å². The fourth-order valence-corrected chi connectivity index (χ4v) is 1.75. The Labute approximate surface area is 104 Å². The van der Waals surface area contributed by atoms with Gasteiger partial charge in [0.05, 0.1) is 11.1 Å². The van der Waals surface area contributed by atoms with E-state index >= 15 is 0 Å². The van der Waals surface area contributed by atoms with Crippen molar-refractivity contribution in [3.8, 4) is 6.07 Å². The Morgan fingerprint density at radius 3 is 2.75 bits per heavy atom. The summed E-state index contributed by atoms with van der Waals surface area (Å²) in [7, 11) is 0. The van der Waals surface area contributed by atoms with Gasteiger partial charge in [-0.3, -0.25) is 0 Å². The molecule has 1 aromatic carbocycles. The van der Waals surface area contributed by atoms with Gasteiger partial charge >= 0.3 is 0 Å². The lowest BCUT2D eigenvalue weighted by atomic mass is 10.1. The molecule has 0 fully saturated rings. The fraction of sp³-hybridized carbons (Fsp3) is 0.250. The molecule has 1 aromatic rings. The first-order valence-corrected chi connectivity index (χ1v) is 5.60. The second kappa shape index (κ2) is 5.89. The van der Waals surface area contributed by atoms with Crippen LogP contribution in [-0.2, 0) is 0 Å². The van der Waals surface area contributed by atoms with Gasteiger partial charge in [0.1, 0.15) is 5.82 Å². The predicted octanol–water partition coefficient (Wildman–Crippen LogP) is 4.75. The summed E-state index contributed by atoms with van der Waals surface area (Å²) < 4.78 is 13.5. The molecule has 0 radical (unpaired) electrons. The van der Waals surface area contributed by atoms with Gasteiger partial charge in [0.15, 0.2) is 0 Å². The van der Waals surface area contributed by atoms with E-state index in [4.69, 9.17) is 28.5 Å². The van der Waals surface area contributed by atoms with Gasteiger partial charge in [-0.15, -0.1) is 0 Å². The molecule has 0 heterocycles. The molecule has 0 N–H and O–H groups in total. The van der Waals surface area contributed by atoms with Crippen molar-refractivity contribution in [1.29, 1.82) is 5.26 Å². The van der Waals surface area contributed by atoms with Crippen molar-refractivity contribution in [2.24, 2.45) is 0 Å². The molecule has 0 saturated carbocycles. The summed E-state index contributed by atoms with van der Waals surface area (Å²) in [4.78, 5) is 0. The summed E-state index contributed by atoms with van der Waals surface area (Å²) in [5.74, 6) is -0.474. The minimum Gasteiger partial charge on any atom is -0.206 e. The number of hydrogen-bond acceptors (Lipinski definition) is 1. The van der Waals surface area contributed by atoms with Crippen LogP contribution >= 0.6 is 23.2 Å². The van der Waals surface area contributed by atoms with Crippen LogP contribution in [0.5, 0.6) is 0 Å². The highest BCUT2D eigenvalue weighted by atomic mass is 35.5. The Balaban J connectivity index is 3.27. The Morgan fingerprint density at radius 2 is 2.19 bits per heavy atom. The average molecular weight is 258 g/mol. The third-order valence-corrected chi connectivity index (χ3v) is 2.73. The zero-order chi connectivity index (χ0) is 12.1. The zero-order valence-electron chi connectivity index (χ0n) is 8.73. The molecule has 0 bridgehead atoms. The van der Waals surface area contributed by atoms with E-state index in [1.54, 1.807) is 0 Å². The number of nitrogens with zero attached hydrogens (tertiary/aromatic N) is 1. The van der Waals surface area contributed by atoms with E-state index in [0.717, 1.165) is 6.42 Å². The molecule has 0 atom stereocenters. The molecule has 1 rings (SSSR count). The molecule has 0 aliphatic heterocycles. The molecule has 1 nitrogen and oxygen atoms in total. The summed E-state index contributed by atoms with van der Waals surface area (Å²) in [6, 6.07) is 6.09. The SMILES string of the molecule is CCCC(C#N)=C(Cl)c1cc(Cl)ccc1F. The lowest BCUT2D eigenvalue weighted by molar-refractivity contribution is 0.624. The van der Waals surface area contributed by atoms with E-state index in [1.165, 1.54) is 18.2 Å². The van der Waals surface area contributed by atoms with Crippen molar-refractivity contribution in [1.82, 2.24) is 0 Å². The van der Waals surface area contributed by atoms with Gasteiger partial charge in [-0.1, -0.05) is 36.5 Å². The molecule has 84 valence electrons. The molecule has 0 aliphatic rings. The van der Waals surface area contributed by atoms with Crippen molar-refractivity contribution < 1.29 is 4.39 Å². The van der Waals surface area contributed by atoms with Crippen molar-refractivity contribution in [3.05, 3.63) is 40.2 Å². The Bertz CT molecular complexity index is 461. The van der Waals surface area contributed by atoms with Crippen LogP contribution in [0.25, 0.3) is 5.03 Å². The Hall–Kier alpha value is -1.04. The third kappa shape index (κ3) is 2.98. The van der Waals surface area contributed by atoms with E-state index in [1.807, 2.05) is 13.0 Å². The maximum absolute atomic E-state index is 13.5. The maximum Gasteiger partial charge on any atom is 0.132 e. The van der Waals surface area contributed by atoms with Crippen molar-refractivity contribution in [2.75, 3.05) is 0 Å². The monoisotopic (exact) mass is 257 g/mol. The summed E-state index contributed by atoms with van der Waals surface area (Å²) in [6.45, 7) is 1.93. The normalized spacial score (nSPS) is 11.9. The van der Waals surface area contributed by atoms with Gasteiger partial charge in [-0.25, -0.2) is 4.39 Å². The second-order valence-electron chi connectivity index (χ2n) is 3.28. The zero-order valence-corrected chi connectivity index (χ0v) is 10.2. The molecule has 16 heavy (non-hydrogen) atoms. The minimum absolute atomic E-state index is 0.143. The van der Waals surface area contributed by atoms with Gasteiger partial charge in [-0.05, 0) is 24.6 Å². The summed E-state index contributed by atoms with van der Waals surface area (Å²) >= 11 is 11.7. The van der Waals surface area contributed by atoms with Crippen molar-refractivity contribution in [2.45, 2.75) is 19.8 Å². The molecule has 0 saturated heterocycles. The Morgan fingerprint density at radius 1 is 1.50 bits per heavy atom. The van der Waals surface area contributed by atoms with Crippen LogP contribution in [0.4, 0.5) is 4.39 Å². The number of rotatable bonds is 3. The fourth-order valence-electron chi connectivity index (χ4n) is 1.29. The number of allylic oxidation sites excluding steroid dienone is 1. The topological polar surface area (TPSA) is 23.8 Å². The predicted molar refractivity (Wildman–Crippen MR) is 64.7 cm³/mol. The molecule has 0 unspecified atom stereocenters. The van der Waals surface area contributed by atoms with Crippen molar-refractivity contribution in [3.63, 3.8) is 0 Å². The van der Waals surface area contributed by atoms with Crippen LogP contribution in [0.2, 0.25) is 5.02 Å². The molecule has 4 heteroatoms. The summed E-state index contributed by atoms with van der Waals surface area (Å²) in [5, 5.41) is 9.44. The lowest BCUT2D eigenvalue weighted by Gasteiger charge is -2.05. The van der Waals surface area contributed by atoms with Gasteiger partial charge < -0.3 is 0 Å². The molecule has 0 aliphatic carbocycles. The number of hydrogen-bond donors (Lipinski definition) is 0. The smallest absolute Gasteiger partial charge is 0.132 e. The Kier molecular flexibility index (Phi) is 4.79. The van der Waals surface area contributed by atoms with Crippen LogP contribution in [0, 0.1) is 17.1 Å². The first-order valence-electron chi connectivity index (χ1n) is 4.84. The van der Waals surface area contributed by atoms with E-state index in [0.29, 0.717) is 17.0 Å².